The van der Waals surface area contributed by atoms with Gasteiger partial charge in [-0.15, -0.1) is 0 Å². The van der Waals surface area contributed by atoms with E-state index in [1.165, 1.54) is 12.1 Å². The van der Waals surface area contributed by atoms with E-state index in [0.29, 0.717) is 5.56 Å². The molecule has 0 saturated carbocycles. The van der Waals surface area contributed by atoms with Crippen molar-refractivity contribution in [2.45, 2.75) is 6.42 Å². The fourth-order valence-electron chi connectivity index (χ4n) is 2.30. The first kappa shape index (κ1) is 13.7. The van der Waals surface area contributed by atoms with Crippen LogP contribution in [-0.2, 0) is 6.42 Å². The molecule has 1 N–H and O–H groups in total. The lowest BCUT2D eigenvalue weighted by Gasteiger charge is -2.04. The average Bonchev–Trinajstić information content (AvgIpc) is 2.89. The third-order valence-corrected chi connectivity index (χ3v) is 3.31. The fourth-order valence-corrected chi connectivity index (χ4v) is 2.30. The molecule has 3 rings (SSSR count). The van der Waals surface area contributed by atoms with E-state index in [0.717, 1.165) is 0 Å². The Morgan fingerprint density at radius 1 is 1.18 bits per heavy atom. The van der Waals surface area contributed by atoms with E-state index in [1.807, 2.05) is 0 Å². The molecule has 1 heterocycles. The number of oxazole rings is 1. The summed E-state index contributed by atoms with van der Waals surface area (Å²) in [6.07, 6.45) is -0.201. The summed E-state index contributed by atoms with van der Waals surface area (Å²) in [6.45, 7) is 0. The van der Waals surface area contributed by atoms with E-state index in [2.05, 4.69) is 4.98 Å². The van der Waals surface area contributed by atoms with Gasteiger partial charge in [0, 0.05) is 18.1 Å². The fraction of sp³-hybridized carbons (Fsp3) is 0.0667. The van der Waals surface area contributed by atoms with Crippen LogP contribution >= 0.6 is 0 Å². The number of nitrogens with zero attached hydrogens (tertiary/aromatic N) is 1. The Hall–Kier alpha value is -3.22. The molecule has 0 aliphatic heterocycles. The molecular formula is C15H10N2O5. The van der Waals surface area contributed by atoms with Gasteiger partial charge in [0.15, 0.2) is 11.4 Å². The van der Waals surface area contributed by atoms with Gasteiger partial charge in [-0.1, -0.05) is 30.3 Å². The molecule has 0 amide bonds. The lowest BCUT2D eigenvalue weighted by molar-refractivity contribution is -0.385. The van der Waals surface area contributed by atoms with Gasteiger partial charge in [-0.05, 0) is 6.07 Å². The van der Waals surface area contributed by atoms with Crippen molar-refractivity contribution in [2.75, 3.05) is 0 Å². The van der Waals surface area contributed by atoms with Crippen molar-refractivity contribution in [2.24, 2.45) is 0 Å². The summed E-state index contributed by atoms with van der Waals surface area (Å²) in [7, 11) is 0. The Morgan fingerprint density at radius 2 is 1.91 bits per heavy atom. The maximum atomic E-state index is 12.3. The Morgan fingerprint density at radius 3 is 2.59 bits per heavy atom. The summed E-state index contributed by atoms with van der Waals surface area (Å²) in [5.41, 5.74) is 0.727. The Labute approximate surface area is 123 Å². The third-order valence-electron chi connectivity index (χ3n) is 3.31. The zero-order chi connectivity index (χ0) is 15.7. The van der Waals surface area contributed by atoms with Gasteiger partial charge < -0.3 is 4.42 Å². The molecule has 2 aromatic carbocycles. The van der Waals surface area contributed by atoms with Gasteiger partial charge in [-0.3, -0.25) is 19.9 Å². The van der Waals surface area contributed by atoms with Crippen molar-refractivity contribution >= 4 is 22.6 Å². The minimum Gasteiger partial charge on any atom is -0.408 e. The van der Waals surface area contributed by atoms with Crippen LogP contribution in [0.25, 0.3) is 11.1 Å². The number of hydrogen-bond acceptors (Lipinski definition) is 5. The van der Waals surface area contributed by atoms with Crippen molar-refractivity contribution in [3.63, 3.8) is 0 Å². The Balaban J connectivity index is 2.12. The highest BCUT2D eigenvalue weighted by atomic mass is 16.6. The molecule has 110 valence electrons. The predicted molar refractivity (Wildman–Crippen MR) is 78.0 cm³/mol. The van der Waals surface area contributed by atoms with Crippen LogP contribution < -0.4 is 5.76 Å². The zero-order valence-electron chi connectivity index (χ0n) is 11.2. The average molecular weight is 298 g/mol. The summed E-state index contributed by atoms with van der Waals surface area (Å²) in [4.78, 5) is 36.6. The first-order valence-electron chi connectivity index (χ1n) is 6.43. The number of nitro benzene ring substituents is 1. The van der Waals surface area contributed by atoms with Gasteiger partial charge in [-0.25, -0.2) is 4.79 Å². The van der Waals surface area contributed by atoms with Crippen LogP contribution in [0.2, 0.25) is 0 Å². The van der Waals surface area contributed by atoms with Crippen LogP contribution in [-0.4, -0.2) is 15.7 Å². The minimum atomic E-state index is -0.719. The van der Waals surface area contributed by atoms with Crippen LogP contribution in [0.15, 0.2) is 51.7 Å². The number of ketones is 1. The highest BCUT2D eigenvalue weighted by Gasteiger charge is 2.22. The molecule has 7 nitrogen and oxygen atoms in total. The zero-order valence-corrected chi connectivity index (χ0v) is 11.2. The molecule has 0 aliphatic carbocycles. The molecule has 0 aliphatic rings. The number of carbonyl (C=O) groups is 1. The molecule has 0 bridgehead atoms. The van der Waals surface area contributed by atoms with Crippen molar-refractivity contribution in [3.05, 3.63) is 74.3 Å². The molecule has 0 unspecified atom stereocenters. The molecule has 0 radical (unpaired) electrons. The number of aromatic nitrogens is 1. The summed E-state index contributed by atoms with van der Waals surface area (Å²) >= 11 is 0. The van der Waals surface area contributed by atoms with Crippen molar-refractivity contribution in [1.82, 2.24) is 4.98 Å². The summed E-state index contributed by atoms with van der Waals surface area (Å²) in [5, 5.41) is 11.2. The van der Waals surface area contributed by atoms with Crippen LogP contribution in [0.3, 0.4) is 0 Å². The highest BCUT2D eigenvalue weighted by Crippen LogP contribution is 2.27. The van der Waals surface area contributed by atoms with Gasteiger partial charge in [0.1, 0.15) is 0 Å². The molecule has 0 saturated heterocycles. The summed E-state index contributed by atoms with van der Waals surface area (Å²) in [6, 6.07) is 11.0. The van der Waals surface area contributed by atoms with Crippen LogP contribution in [0.4, 0.5) is 5.69 Å². The van der Waals surface area contributed by atoms with Crippen LogP contribution in [0.1, 0.15) is 15.9 Å². The smallest absolute Gasteiger partial charge is 0.408 e. The standard InChI is InChI=1S/C15H10N2O5/c18-12(9-4-2-1-3-5-9)8-10-11(17(20)21)6-7-13-14(10)16-15(19)22-13/h1-7H,8H2,(H,16,19). The van der Waals surface area contributed by atoms with E-state index < -0.39 is 10.7 Å². The predicted octanol–water partition coefficient (Wildman–Crippen LogP) is 2.45. The van der Waals surface area contributed by atoms with Gasteiger partial charge in [0.2, 0.25) is 0 Å². The molecule has 7 heteroatoms. The summed E-state index contributed by atoms with van der Waals surface area (Å²) in [5.74, 6) is -0.998. The number of hydrogen-bond donors (Lipinski definition) is 1. The van der Waals surface area contributed by atoms with Crippen molar-refractivity contribution < 1.29 is 14.1 Å². The number of fused-ring (bicyclic) bond motifs is 1. The molecule has 22 heavy (non-hydrogen) atoms. The lowest BCUT2D eigenvalue weighted by Crippen LogP contribution is -2.07. The first-order chi connectivity index (χ1) is 10.6. The second-order valence-corrected chi connectivity index (χ2v) is 4.67. The normalized spacial score (nSPS) is 10.7. The van der Waals surface area contributed by atoms with E-state index in [-0.39, 0.29) is 34.6 Å². The number of carbonyl (C=O) groups excluding carboxylic acids is 1. The molecule has 1 aromatic heterocycles. The lowest BCUT2D eigenvalue weighted by atomic mass is 10.0. The highest BCUT2D eigenvalue weighted by molar-refractivity contribution is 6.00. The van der Waals surface area contributed by atoms with E-state index >= 15 is 0 Å². The quantitative estimate of drug-likeness (QED) is 0.452. The SMILES string of the molecule is O=C(Cc1c([N+](=O)[O-])ccc2oc(=O)[nH]c12)c1ccccc1. The maximum absolute atomic E-state index is 12.3. The van der Waals surface area contributed by atoms with Crippen molar-refractivity contribution in [3.8, 4) is 0 Å². The second kappa shape index (κ2) is 5.28. The second-order valence-electron chi connectivity index (χ2n) is 4.67. The number of aromatic amines is 1. The Kier molecular flexibility index (Phi) is 3.30. The molecular weight excluding hydrogens is 288 g/mol. The Bertz CT molecular complexity index is 924. The molecule has 0 atom stereocenters. The molecule has 0 spiro atoms. The molecule has 3 aromatic rings. The maximum Gasteiger partial charge on any atom is 0.417 e. The van der Waals surface area contributed by atoms with Gasteiger partial charge in [0.25, 0.3) is 5.69 Å². The third kappa shape index (κ3) is 2.39. The van der Waals surface area contributed by atoms with E-state index in [1.54, 1.807) is 30.3 Å². The van der Waals surface area contributed by atoms with Gasteiger partial charge in [-0.2, -0.15) is 0 Å². The van der Waals surface area contributed by atoms with Crippen molar-refractivity contribution in [1.29, 1.82) is 0 Å². The van der Waals surface area contributed by atoms with Crippen LogP contribution in [0, 0.1) is 10.1 Å². The van der Waals surface area contributed by atoms with E-state index in [9.17, 15) is 19.7 Å². The van der Waals surface area contributed by atoms with Crippen LogP contribution in [0.5, 0.6) is 0 Å². The van der Waals surface area contributed by atoms with E-state index in [4.69, 9.17) is 4.42 Å². The number of benzene rings is 2. The number of Topliss-reactive ketones (excluding diaryl/α,β-unsaturated/α-hetero) is 1. The number of H-pyrrole nitrogens is 1. The van der Waals surface area contributed by atoms with Gasteiger partial charge in [0.05, 0.1) is 16.0 Å². The minimum absolute atomic E-state index is 0.141. The number of nitrogens with one attached hydrogen (secondary N) is 1. The first-order valence-corrected chi connectivity index (χ1v) is 6.43. The topological polar surface area (TPSA) is 106 Å². The summed E-state index contributed by atoms with van der Waals surface area (Å²) < 4.78 is 4.89. The molecule has 0 fully saturated rings. The largest absolute Gasteiger partial charge is 0.417 e. The monoisotopic (exact) mass is 298 g/mol. The number of nitro groups is 1. The number of rotatable bonds is 4. The van der Waals surface area contributed by atoms with Gasteiger partial charge >= 0.3 is 5.76 Å².